The lowest BCUT2D eigenvalue weighted by Crippen LogP contribution is -2.21. The van der Waals surface area contributed by atoms with Gasteiger partial charge in [0.15, 0.2) is 5.82 Å². The largest absolute Gasteiger partial charge is 0.573 e. The molecule has 0 amide bonds. The van der Waals surface area contributed by atoms with Crippen LogP contribution in [0.5, 0.6) is 5.75 Å². The van der Waals surface area contributed by atoms with Gasteiger partial charge in [0.2, 0.25) is 0 Å². The van der Waals surface area contributed by atoms with E-state index < -0.39 is 6.36 Å². The molecule has 0 saturated heterocycles. The second-order valence-corrected chi connectivity index (χ2v) is 4.46. The molecule has 0 aliphatic heterocycles. The van der Waals surface area contributed by atoms with E-state index in [1.54, 1.807) is 0 Å². The Bertz CT molecular complexity index is 581. The van der Waals surface area contributed by atoms with E-state index >= 15 is 0 Å². The van der Waals surface area contributed by atoms with Crippen molar-refractivity contribution in [1.29, 1.82) is 0 Å². The van der Waals surface area contributed by atoms with E-state index in [0.717, 1.165) is 6.42 Å². The van der Waals surface area contributed by atoms with Crippen LogP contribution in [-0.4, -0.2) is 22.5 Å². The fraction of sp³-hybridized carbons (Fsp3) is 0.385. The number of hydrogen-bond acceptors (Lipinski definition) is 5. The van der Waals surface area contributed by atoms with Crippen molar-refractivity contribution in [2.75, 3.05) is 0 Å². The summed E-state index contributed by atoms with van der Waals surface area (Å²) in [7, 11) is 0. The number of nitrogens with two attached hydrogens (primary N) is 1. The third-order valence-electron chi connectivity index (χ3n) is 2.77. The summed E-state index contributed by atoms with van der Waals surface area (Å²) in [4.78, 5) is 4.15. The van der Waals surface area contributed by atoms with Crippen molar-refractivity contribution in [3.8, 4) is 17.2 Å². The van der Waals surface area contributed by atoms with E-state index in [1.807, 2.05) is 6.92 Å². The van der Waals surface area contributed by atoms with Crippen LogP contribution in [0.15, 0.2) is 28.8 Å². The fourth-order valence-electron chi connectivity index (χ4n) is 1.63. The lowest BCUT2D eigenvalue weighted by atomic mass is 10.1. The van der Waals surface area contributed by atoms with Crippen LogP contribution in [0, 0.1) is 0 Å². The molecule has 1 aromatic carbocycles. The first-order chi connectivity index (χ1) is 9.87. The monoisotopic (exact) mass is 301 g/mol. The maximum Gasteiger partial charge on any atom is 0.573 e. The van der Waals surface area contributed by atoms with Crippen molar-refractivity contribution in [3.05, 3.63) is 30.1 Å². The number of nitrogens with zero attached hydrogens (tertiary/aromatic N) is 2. The van der Waals surface area contributed by atoms with Crippen molar-refractivity contribution in [3.63, 3.8) is 0 Å². The zero-order chi connectivity index (χ0) is 15.5. The predicted octanol–water partition coefficient (Wildman–Crippen LogP) is 2.92. The first-order valence-corrected chi connectivity index (χ1v) is 6.31. The summed E-state index contributed by atoms with van der Waals surface area (Å²) in [6, 6.07) is 5.14. The summed E-state index contributed by atoms with van der Waals surface area (Å²) >= 11 is 0. The molecule has 0 spiro atoms. The van der Waals surface area contributed by atoms with E-state index in [0.29, 0.717) is 17.8 Å². The highest BCUT2D eigenvalue weighted by Gasteiger charge is 2.31. The molecule has 0 fully saturated rings. The van der Waals surface area contributed by atoms with Gasteiger partial charge in [0.25, 0.3) is 5.89 Å². The molecule has 0 aliphatic carbocycles. The molecule has 2 aromatic rings. The molecule has 2 N–H and O–H groups in total. The lowest BCUT2D eigenvalue weighted by Gasteiger charge is -2.08. The van der Waals surface area contributed by atoms with Gasteiger partial charge in [-0.25, -0.2) is 0 Å². The predicted molar refractivity (Wildman–Crippen MR) is 68.4 cm³/mol. The van der Waals surface area contributed by atoms with Crippen LogP contribution in [0.3, 0.4) is 0 Å². The Balaban J connectivity index is 2.08. The Morgan fingerprint density at radius 1 is 1.29 bits per heavy atom. The highest BCUT2D eigenvalue weighted by molar-refractivity contribution is 5.54. The number of ether oxygens (including phenoxy) is 1. The molecule has 21 heavy (non-hydrogen) atoms. The van der Waals surface area contributed by atoms with Crippen LogP contribution < -0.4 is 10.5 Å². The fourth-order valence-corrected chi connectivity index (χ4v) is 1.63. The van der Waals surface area contributed by atoms with Gasteiger partial charge >= 0.3 is 6.36 Å². The second kappa shape index (κ2) is 6.13. The van der Waals surface area contributed by atoms with Crippen molar-refractivity contribution in [2.45, 2.75) is 32.2 Å². The van der Waals surface area contributed by atoms with Crippen LogP contribution in [0.4, 0.5) is 13.2 Å². The second-order valence-electron chi connectivity index (χ2n) is 4.46. The van der Waals surface area contributed by atoms with Gasteiger partial charge in [-0.2, -0.15) is 4.98 Å². The van der Waals surface area contributed by atoms with E-state index in [1.165, 1.54) is 24.3 Å². The zero-order valence-corrected chi connectivity index (χ0v) is 11.2. The molecule has 1 aromatic heterocycles. The van der Waals surface area contributed by atoms with E-state index in [4.69, 9.17) is 10.3 Å². The SMILES string of the molecule is CCC(N)Cc1noc(-c2ccc(OC(F)(F)F)cc2)n1. The summed E-state index contributed by atoms with van der Waals surface area (Å²) in [6.45, 7) is 1.95. The van der Waals surface area contributed by atoms with Gasteiger partial charge in [0.1, 0.15) is 5.75 Å². The molecule has 0 saturated carbocycles. The summed E-state index contributed by atoms with van der Waals surface area (Å²) < 4.78 is 45.0. The van der Waals surface area contributed by atoms with Gasteiger partial charge < -0.3 is 15.0 Å². The number of hydrogen-bond donors (Lipinski definition) is 1. The first-order valence-electron chi connectivity index (χ1n) is 6.31. The highest BCUT2D eigenvalue weighted by Crippen LogP contribution is 2.25. The lowest BCUT2D eigenvalue weighted by molar-refractivity contribution is -0.274. The molecule has 5 nitrogen and oxygen atoms in total. The minimum atomic E-state index is -4.71. The number of benzene rings is 1. The van der Waals surface area contributed by atoms with Crippen LogP contribution in [-0.2, 0) is 6.42 Å². The van der Waals surface area contributed by atoms with E-state index in [-0.39, 0.29) is 17.7 Å². The minimum absolute atomic E-state index is 0.0574. The Morgan fingerprint density at radius 2 is 1.95 bits per heavy atom. The number of alkyl halides is 3. The Kier molecular flexibility index (Phi) is 4.46. The van der Waals surface area contributed by atoms with Gasteiger partial charge in [-0.3, -0.25) is 0 Å². The molecule has 2 rings (SSSR count). The summed E-state index contributed by atoms with van der Waals surface area (Å²) in [6.07, 6.45) is -3.45. The molecule has 1 unspecified atom stereocenters. The molecule has 114 valence electrons. The van der Waals surface area contributed by atoms with Gasteiger partial charge in [-0.05, 0) is 30.7 Å². The van der Waals surface area contributed by atoms with E-state index in [2.05, 4.69) is 14.9 Å². The van der Waals surface area contributed by atoms with Crippen LogP contribution in [0.1, 0.15) is 19.2 Å². The summed E-state index contributed by atoms with van der Waals surface area (Å²) in [5.41, 5.74) is 6.29. The molecule has 0 aliphatic rings. The summed E-state index contributed by atoms with van der Waals surface area (Å²) in [5, 5.41) is 3.78. The molecule has 0 bridgehead atoms. The average Bonchev–Trinajstić information content (AvgIpc) is 2.86. The van der Waals surface area contributed by atoms with Crippen molar-refractivity contribution < 1.29 is 22.4 Å². The smallest absolute Gasteiger partial charge is 0.406 e. The van der Waals surface area contributed by atoms with E-state index in [9.17, 15) is 13.2 Å². The van der Waals surface area contributed by atoms with Crippen LogP contribution >= 0.6 is 0 Å². The van der Waals surface area contributed by atoms with Gasteiger partial charge in [-0.1, -0.05) is 12.1 Å². The molecule has 1 heterocycles. The molecule has 8 heteroatoms. The number of halogens is 3. The Hall–Kier alpha value is -2.09. The first kappa shape index (κ1) is 15.3. The number of aromatic nitrogens is 2. The van der Waals surface area contributed by atoms with Crippen LogP contribution in [0.25, 0.3) is 11.5 Å². The molecular weight excluding hydrogens is 287 g/mol. The minimum Gasteiger partial charge on any atom is -0.406 e. The quantitative estimate of drug-likeness (QED) is 0.919. The Labute approximate surface area is 118 Å². The maximum absolute atomic E-state index is 12.0. The topological polar surface area (TPSA) is 74.2 Å². The maximum atomic E-state index is 12.0. The molecular formula is C13H14F3N3O2. The molecule has 0 radical (unpaired) electrons. The van der Waals surface area contributed by atoms with Crippen molar-refractivity contribution in [2.24, 2.45) is 5.73 Å². The standard InChI is InChI=1S/C13H14F3N3O2/c1-2-9(17)7-11-18-12(21-19-11)8-3-5-10(6-4-8)20-13(14,15)16/h3-6,9H,2,7,17H2,1H3. The average molecular weight is 301 g/mol. The van der Waals surface area contributed by atoms with Gasteiger partial charge in [0.05, 0.1) is 0 Å². The Morgan fingerprint density at radius 3 is 2.52 bits per heavy atom. The van der Waals surface area contributed by atoms with Gasteiger partial charge in [-0.15, -0.1) is 13.2 Å². The highest BCUT2D eigenvalue weighted by atomic mass is 19.4. The van der Waals surface area contributed by atoms with Crippen molar-refractivity contribution >= 4 is 0 Å². The van der Waals surface area contributed by atoms with Crippen LogP contribution in [0.2, 0.25) is 0 Å². The third-order valence-corrected chi connectivity index (χ3v) is 2.77. The van der Waals surface area contributed by atoms with Crippen molar-refractivity contribution in [1.82, 2.24) is 10.1 Å². The zero-order valence-electron chi connectivity index (χ0n) is 11.2. The normalized spacial score (nSPS) is 13.2. The third kappa shape index (κ3) is 4.45. The van der Waals surface area contributed by atoms with Gasteiger partial charge in [0, 0.05) is 18.0 Å². The molecule has 1 atom stereocenters. The summed E-state index contributed by atoms with van der Waals surface area (Å²) in [5.74, 6) is 0.390. The number of rotatable bonds is 5.